The van der Waals surface area contributed by atoms with Crippen molar-refractivity contribution >= 4 is 0 Å². The molecule has 1 aromatic carbocycles. The third-order valence-electron chi connectivity index (χ3n) is 2.06. The summed E-state index contributed by atoms with van der Waals surface area (Å²) in [6, 6.07) is 5.58. The van der Waals surface area contributed by atoms with Crippen molar-refractivity contribution in [1.82, 2.24) is 10.1 Å². The molecular weight excluding hydrogens is 197 g/mol. The Kier molecular flexibility index (Phi) is 2.47. The van der Waals surface area contributed by atoms with E-state index in [4.69, 9.17) is 10.3 Å². The summed E-state index contributed by atoms with van der Waals surface area (Å²) in [5, 5.41) is 3.66. The number of nitrogens with two attached hydrogens (primary N) is 1. The molecule has 0 fully saturated rings. The smallest absolute Gasteiger partial charge is 0.223 e. The van der Waals surface area contributed by atoms with Gasteiger partial charge < -0.3 is 10.3 Å². The van der Waals surface area contributed by atoms with E-state index in [1.807, 2.05) is 0 Å². The van der Waals surface area contributed by atoms with Gasteiger partial charge in [0.2, 0.25) is 5.89 Å². The summed E-state index contributed by atoms with van der Waals surface area (Å²) in [6.45, 7) is 1.66. The molecule has 0 amide bonds. The Morgan fingerprint density at radius 3 is 2.73 bits per heavy atom. The number of rotatable bonds is 2. The van der Waals surface area contributed by atoms with Crippen molar-refractivity contribution in [3.8, 4) is 0 Å². The van der Waals surface area contributed by atoms with Gasteiger partial charge in [0.1, 0.15) is 5.82 Å². The molecule has 15 heavy (non-hydrogen) atoms. The van der Waals surface area contributed by atoms with Gasteiger partial charge in [-0.25, -0.2) is 4.39 Å². The van der Waals surface area contributed by atoms with Gasteiger partial charge in [-0.2, -0.15) is 4.98 Å². The molecule has 1 atom stereocenters. The first-order valence-electron chi connectivity index (χ1n) is 4.48. The number of halogens is 1. The van der Waals surface area contributed by atoms with Gasteiger partial charge >= 0.3 is 0 Å². The Bertz CT molecular complexity index is 469. The fourth-order valence-corrected chi connectivity index (χ4v) is 1.31. The van der Waals surface area contributed by atoms with Crippen LogP contribution < -0.4 is 5.73 Å². The SMILES string of the molecule is Cc1nc([C@H](N)c2ccccc2F)no1. The van der Waals surface area contributed by atoms with Gasteiger partial charge in [0.05, 0.1) is 6.04 Å². The van der Waals surface area contributed by atoms with Gasteiger partial charge in [-0.3, -0.25) is 0 Å². The predicted octanol–water partition coefficient (Wildman–Crippen LogP) is 1.57. The normalized spacial score (nSPS) is 12.7. The molecule has 2 N–H and O–H groups in total. The highest BCUT2D eigenvalue weighted by molar-refractivity contribution is 5.25. The van der Waals surface area contributed by atoms with E-state index in [-0.39, 0.29) is 11.6 Å². The second-order valence-electron chi connectivity index (χ2n) is 3.17. The van der Waals surface area contributed by atoms with Gasteiger partial charge in [0.15, 0.2) is 5.82 Å². The van der Waals surface area contributed by atoms with Crippen molar-refractivity contribution in [2.24, 2.45) is 5.73 Å². The Balaban J connectivity index is 2.36. The van der Waals surface area contributed by atoms with Crippen LogP contribution in [0.4, 0.5) is 4.39 Å². The Morgan fingerprint density at radius 2 is 2.13 bits per heavy atom. The number of hydrogen-bond donors (Lipinski definition) is 1. The molecule has 0 saturated carbocycles. The molecule has 0 aliphatic carbocycles. The van der Waals surface area contributed by atoms with E-state index in [0.717, 1.165) is 0 Å². The van der Waals surface area contributed by atoms with E-state index >= 15 is 0 Å². The van der Waals surface area contributed by atoms with Crippen LogP contribution in [-0.2, 0) is 0 Å². The fraction of sp³-hybridized carbons (Fsp3) is 0.200. The van der Waals surface area contributed by atoms with Crippen molar-refractivity contribution in [3.63, 3.8) is 0 Å². The zero-order chi connectivity index (χ0) is 10.8. The highest BCUT2D eigenvalue weighted by Gasteiger charge is 2.17. The molecule has 0 unspecified atom stereocenters. The Hall–Kier alpha value is -1.75. The van der Waals surface area contributed by atoms with Crippen molar-refractivity contribution in [3.05, 3.63) is 47.4 Å². The van der Waals surface area contributed by atoms with Crippen LogP contribution in [0.2, 0.25) is 0 Å². The number of nitrogens with zero attached hydrogens (tertiary/aromatic N) is 2. The molecule has 2 rings (SSSR count). The average Bonchev–Trinajstić information content (AvgIpc) is 2.65. The lowest BCUT2D eigenvalue weighted by molar-refractivity contribution is 0.385. The highest BCUT2D eigenvalue weighted by atomic mass is 19.1. The van der Waals surface area contributed by atoms with E-state index in [1.165, 1.54) is 6.07 Å². The van der Waals surface area contributed by atoms with Crippen molar-refractivity contribution < 1.29 is 8.91 Å². The van der Waals surface area contributed by atoms with Gasteiger partial charge in [-0.1, -0.05) is 23.4 Å². The van der Waals surface area contributed by atoms with Crippen LogP contribution in [0.1, 0.15) is 23.3 Å². The minimum absolute atomic E-state index is 0.289. The third-order valence-corrected chi connectivity index (χ3v) is 2.06. The maximum atomic E-state index is 13.4. The average molecular weight is 207 g/mol. The molecule has 1 aromatic heterocycles. The van der Waals surface area contributed by atoms with Crippen LogP contribution in [0, 0.1) is 12.7 Å². The number of benzene rings is 1. The summed E-state index contributed by atoms with van der Waals surface area (Å²) in [5.41, 5.74) is 6.17. The van der Waals surface area contributed by atoms with E-state index in [9.17, 15) is 4.39 Å². The molecule has 5 heteroatoms. The molecule has 0 radical (unpaired) electrons. The van der Waals surface area contributed by atoms with Crippen molar-refractivity contribution in [1.29, 1.82) is 0 Å². The first kappa shape index (κ1) is 9.79. The number of aryl methyl sites for hydroxylation is 1. The zero-order valence-electron chi connectivity index (χ0n) is 8.14. The molecule has 0 aliphatic rings. The summed E-state index contributed by atoms with van der Waals surface area (Å²) < 4.78 is 18.1. The third kappa shape index (κ3) is 1.87. The summed E-state index contributed by atoms with van der Waals surface area (Å²) in [5.74, 6) is 0.335. The number of aromatic nitrogens is 2. The molecule has 4 nitrogen and oxygen atoms in total. The van der Waals surface area contributed by atoms with Gasteiger partial charge in [0.25, 0.3) is 0 Å². The molecule has 0 saturated heterocycles. The molecule has 0 spiro atoms. The predicted molar refractivity (Wildman–Crippen MR) is 51.5 cm³/mol. The highest BCUT2D eigenvalue weighted by Crippen LogP contribution is 2.19. The van der Waals surface area contributed by atoms with Crippen LogP contribution in [0.3, 0.4) is 0 Å². The molecule has 0 bridgehead atoms. The topological polar surface area (TPSA) is 64.9 Å². The first-order valence-corrected chi connectivity index (χ1v) is 4.48. The van der Waals surface area contributed by atoms with E-state index in [0.29, 0.717) is 11.5 Å². The lowest BCUT2D eigenvalue weighted by Crippen LogP contribution is -2.15. The van der Waals surface area contributed by atoms with Gasteiger partial charge in [0, 0.05) is 12.5 Å². The maximum Gasteiger partial charge on any atom is 0.223 e. The molecular formula is C10H10FN3O. The van der Waals surface area contributed by atoms with E-state index < -0.39 is 6.04 Å². The second-order valence-corrected chi connectivity index (χ2v) is 3.17. The lowest BCUT2D eigenvalue weighted by Gasteiger charge is -2.07. The van der Waals surface area contributed by atoms with Crippen LogP contribution >= 0.6 is 0 Å². The Morgan fingerprint density at radius 1 is 1.40 bits per heavy atom. The minimum Gasteiger partial charge on any atom is -0.340 e. The van der Waals surface area contributed by atoms with Crippen LogP contribution in [0.5, 0.6) is 0 Å². The molecule has 2 aromatic rings. The quantitative estimate of drug-likeness (QED) is 0.811. The summed E-state index contributed by atoms with van der Waals surface area (Å²) in [7, 11) is 0. The van der Waals surface area contributed by atoms with Crippen molar-refractivity contribution in [2.45, 2.75) is 13.0 Å². The molecule has 0 aliphatic heterocycles. The first-order chi connectivity index (χ1) is 7.18. The Labute approximate surface area is 85.9 Å². The summed E-state index contributed by atoms with van der Waals surface area (Å²) in [6.07, 6.45) is 0. The largest absolute Gasteiger partial charge is 0.340 e. The van der Waals surface area contributed by atoms with E-state index in [1.54, 1.807) is 25.1 Å². The van der Waals surface area contributed by atoms with Crippen LogP contribution in [-0.4, -0.2) is 10.1 Å². The zero-order valence-corrected chi connectivity index (χ0v) is 8.14. The monoisotopic (exact) mass is 207 g/mol. The molecule has 78 valence electrons. The lowest BCUT2D eigenvalue weighted by atomic mass is 10.1. The van der Waals surface area contributed by atoms with Crippen molar-refractivity contribution in [2.75, 3.05) is 0 Å². The summed E-state index contributed by atoms with van der Waals surface area (Å²) in [4.78, 5) is 3.96. The van der Waals surface area contributed by atoms with Crippen LogP contribution in [0.25, 0.3) is 0 Å². The van der Waals surface area contributed by atoms with Crippen LogP contribution in [0.15, 0.2) is 28.8 Å². The minimum atomic E-state index is -0.691. The maximum absolute atomic E-state index is 13.4. The van der Waals surface area contributed by atoms with Gasteiger partial charge in [-0.05, 0) is 6.07 Å². The fourth-order valence-electron chi connectivity index (χ4n) is 1.31. The standard InChI is InChI=1S/C10H10FN3O/c1-6-13-10(14-15-6)9(12)7-4-2-3-5-8(7)11/h2-5,9H,12H2,1H3/t9-/m1/s1. The van der Waals surface area contributed by atoms with E-state index in [2.05, 4.69) is 10.1 Å². The molecule has 1 heterocycles. The second kappa shape index (κ2) is 3.78. The van der Waals surface area contributed by atoms with Gasteiger partial charge in [-0.15, -0.1) is 0 Å². The summed E-state index contributed by atoms with van der Waals surface area (Å²) >= 11 is 0. The number of hydrogen-bond acceptors (Lipinski definition) is 4.